The first-order valence-electron chi connectivity index (χ1n) is 4.84. The van der Waals surface area contributed by atoms with Gasteiger partial charge in [0.1, 0.15) is 0 Å². The Morgan fingerprint density at radius 3 is 1.79 bits per heavy atom. The van der Waals surface area contributed by atoms with Crippen molar-refractivity contribution in [2.75, 3.05) is 13.2 Å². The van der Waals surface area contributed by atoms with Gasteiger partial charge in [-0.3, -0.25) is 4.57 Å². The molecule has 0 spiro atoms. The molecule has 1 N–H and O–H groups in total. The molecule has 0 aromatic carbocycles. The summed E-state index contributed by atoms with van der Waals surface area (Å²) in [6.45, 7) is 9.37. The lowest BCUT2D eigenvalue weighted by Gasteiger charge is -2.31. The van der Waals surface area contributed by atoms with E-state index in [-0.39, 0.29) is 13.2 Å². The lowest BCUT2D eigenvalue weighted by molar-refractivity contribution is 0.0815. The van der Waals surface area contributed by atoms with E-state index in [1.54, 1.807) is 34.6 Å². The van der Waals surface area contributed by atoms with Crippen LogP contribution in [0.25, 0.3) is 0 Å². The summed E-state index contributed by atoms with van der Waals surface area (Å²) in [6.07, 6.45) is 0. The number of rotatable bonds is 5. The Morgan fingerprint density at radius 1 is 1.21 bits per heavy atom. The van der Waals surface area contributed by atoms with Crippen molar-refractivity contribution in [3.05, 3.63) is 0 Å². The molecule has 0 unspecified atom stereocenters. The molecule has 0 aliphatic heterocycles. The van der Waals surface area contributed by atoms with Crippen molar-refractivity contribution in [2.24, 2.45) is 5.41 Å². The Bertz CT molecular complexity index is 199. The summed E-state index contributed by atoms with van der Waals surface area (Å²) in [5.74, 6) is -1.09. The SMILES string of the molecule is CCOP(=O)(OCC)[C@H](O)C(C)(C)C. The van der Waals surface area contributed by atoms with Crippen molar-refractivity contribution in [1.82, 2.24) is 0 Å². The number of aliphatic hydroxyl groups excluding tert-OH is 1. The lowest BCUT2D eigenvalue weighted by atomic mass is 9.98. The van der Waals surface area contributed by atoms with Crippen LogP contribution in [0.15, 0.2) is 0 Å². The second kappa shape index (κ2) is 5.26. The van der Waals surface area contributed by atoms with Gasteiger partial charge in [0.2, 0.25) is 0 Å². The Kier molecular flexibility index (Phi) is 5.31. The van der Waals surface area contributed by atoms with Crippen molar-refractivity contribution < 1.29 is 18.7 Å². The first kappa shape index (κ1) is 14.1. The molecule has 0 aromatic rings. The summed E-state index contributed by atoms with van der Waals surface area (Å²) in [6, 6.07) is 0. The highest BCUT2D eigenvalue weighted by Gasteiger charge is 2.41. The van der Waals surface area contributed by atoms with Gasteiger partial charge in [-0.05, 0) is 19.3 Å². The highest BCUT2D eigenvalue weighted by Crippen LogP contribution is 2.57. The molecular weight excluding hydrogens is 203 g/mol. The average molecular weight is 224 g/mol. The van der Waals surface area contributed by atoms with E-state index >= 15 is 0 Å². The van der Waals surface area contributed by atoms with Crippen LogP contribution in [0.5, 0.6) is 0 Å². The Labute approximate surface area is 86.1 Å². The van der Waals surface area contributed by atoms with Crippen LogP contribution in [0.1, 0.15) is 34.6 Å². The maximum atomic E-state index is 12.1. The molecule has 0 saturated carbocycles. The highest BCUT2D eigenvalue weighted by atomic mass is 31.2. The van der Waals surface area contributed by atoms with Crippen LogP contribution >= 0.6 is 7.60 Å². The van der Waals surface area contributed by atoms with Crippen LogP contribution in [0.2, 0.25) is 0 Å². The van der Waals surface area contributed by atoms with E-state index in [0.29, 0.717) is 0 Å². The summed E-state index contributed by atoms with van der Waals surface area (Å²) in [5, 5.41) is 9.85. The maximum Gasteiger partial charge on any atom is 0.359 e. The zero-order chi connectivity index (χ0) is 11.4. The van der Waals surface area contributed by atoms with Crippen LogP contribution in [0, 0.1) is 5.41 Å². The minimum atomic E-state index is -3.38. The second-order valence-electron chi connectivity index (χ2n) is 4.12. The zero-order valence-electron chi connectivity index (χ0n) is 9.61. The Hall–Kier alpha value is 0.110. The molecule has 0 fully saturated rings. The van der Waals surface area contributed by atoms with Gasteiger partial charge < -0.3 is 14.2 Å². The van der Waals surface area contributed by atoms with Gasteiger partial charge in [-0.15, -0.1) is 0 Å². The third kappa shape index (κ3) is 3.70. The van der Waals surface area contributed by atoms with Gasteiger partial charge in [-0.25, -0.2) is 0 Å². The summed E-state index contributed by atoms with van der Waals surface area (Å²) in [4.78, 5) is 0. The number of aliphatic hydroxyl groups is 1. The standard InChI is InChI=1S/C9H21O4P/c1-6-12-14(11,13-7-2)8(10)9(3,4)5/h8,10H,6-7H2,1-5H3/t8-/m0/s1. The summed E-state index contributed by atoms with van der Waals surface area (Å²) >= 11 is 0. The zero-order valence-corrected chi connectivity index (χ0v) is 10.5. The van der Waals surface area contributed by atoms with Gasteiger partial charge in [0.25, 0.3) is 0 Å². The summed E-state index contributed by atoms with van der Waals surface area (Å²) in [5.41, 5.74) is -0.514. The molecule has 5 heteroatoms. The van der Waals surface area contributed by atoms with Crippen molar-refractivity contribution in [3.8, 4) is 0 Å². The van der Waals surface area contributed by atoms with Crippen molar-refractivity contribution in [2.45, 2.75) is 40.5 Å². The van der Waals surface area contributed by atoms with Crippen LogP contribution in [-0.4, -0.2) is 24.2 Å². The smallest absolute Gasteiger partial charge is 0.359 e. The van der Waals surface area contributed by atoms with E-state index in [9.17, 15) is 9.67 Å². The number of hydrogen-bond acceptors (Lipinski definition) is 4. The molecule has 0 aromatic heterocycles. The molecule has 14 heavy (non-hydrogen) atoms. The molecule has 0 amide bonds. The van der Waals surface area contributed by atoms with Crippen LogP contribution < -0.4 is 0 Å². The monoisotopic (exact) mass is 224 g/mol. The molecule has 0 heterocycles. The normalized spacial score (nSPS) is 15.6. The summed E-state index contributed by atoms with van der Waals surface area (Å²) < 4.78 is 22.1. The molecule has 1 atom stereocenters. The predicted octanol–water partition coefficient (Wildman–Crippen LogP) is 2.62. The molecule has 0 radical (unpaired) electrons. The fourth-order valence-corrected chi connectivity index (χ4v) is 3.04. The molecule has 4 nitrogen and oxygen atoms in total. The van der Waals surface area contributed by atoms with Crippen LogP contribution in [0.3, 0.4) is 0 Å². The molecular formula is C9H21O4P. The summed E-state index contributed by atoms with van der Waals surface area (Å²) in [7, 11) is -3.38. The second-order valence-corrected chi connectivity index (χ2v) is 6.20. The largest absolute Gasteiger partial charge is 0.380 e. The van der Waals surface area contributed by atoms with E-state index in [1.165, 1.54) is 0 Å². The van der Waals surface area contributed by atoms with Gasteiger partial charge >= 0.3 is 7.60 Å². The van der Waals surface area contributed by atoms with Crippen molar-refractivity contribution in [1.29, 1.82) is 0 Å². The average Bonchev–Trinajstić information content (AvgIpc) is 2.02. The predicted molar refractivity (Wildman–Crippen MR) is 56.3 cm³/mol. The van der Waals surface area contributed by atoms with Crippen LogP contribution in [-0.2, 0) is 13.6 Å². The number of hydrogen-bond donors (Lipinski definition) is 1. The maximum absolute atomic E-state index is 12.1. The first-order chi connectivity index (χ1) is 6.28. The topological polar surface area (TPSA) is 55.8 Å². The fraction of sp³-hybridized carbons (Fsp3) is 1.00. The lowest BCUT2D eigenvalue weighted by Crippen LogP contribution is -2.27. The minimum Gasteiger partial charge on any atom is -0.380 e. The van der Waals surface area contributed by atoms with Gasteiger partial charge in [0.15, 0.2) is 5.85 Å². The van der Waals surface area contributed by atoms with E-state index in [0.717, 1.165) is 0 Å². The minimum absolute atomic E-state index is 0.268. The van der Waals surface area contributed by atoms with E-state index < -0.39 is 18.9 Å². The van der Waals surface area contributed by atoms with E-state index in [1.807, 2.05) is 0 Å². The van der Waals surface area contributed by atoms with Gasteiger partial charge in [-0.1, -0.05) is 20.8 Å². The third-order valence-corrected chi connectivity index (χ3v) is 4.30. The first-order valence-corrected chi connectivity index (χ1v) is 6.46. The quantitative estimate of drug-likeness (QED) is 0.729. The third-order valence-electron chi connectivity index (χ3n) is 1.69. The molecule has 0 saturated heterocycles. The Morgan fingerprint density at radius 2 is 1.57 bits per heavy atom. The van der Waals surface area contributed by atoms with Gasteiger partial charge in [0.05, 0.1) is 13.2 Å². The van der Waals surface area contributed by atoms with Gasteiger partial charge in [0, 0.05) is 0 Å². The van der Waals surface area contributed by atoms with Crippen LogP contribution in [0.4, 0.5) is 0 Å². The molecule has 0 rings (SSSR count). The van der Waals surface area contributed by atoms with E-state index in [2.05, 4.69) is 0 Å². The fourth-order valence-electron chi connectivity index (χ4n) is 1.01. The van der Waals surface area contributed by atoms with E-state index in [4.69, 9.17) is 9.05 Å². The Balaban J connectivity index is 4.73. The molecule has 0 aliphatic carbocycles. The molecule has 0 aliphatic rings. The van der Waals surface area contributed by atoms with Crippen molar-refractivity contribution in [3.63, 3.8) is 0 Å². The van der Waals surface area contributed by atoms with Crippen molar-refractivity contribution >= 4 is 7.60 Å². The molecule has 86 valence electrons. The highest BCUT2D eigenvalue weighted by molar-refractivity contribution is 7.54. The van der Waals surface area contributed by atoms with Gasteiger partial charge in [-0.2, -0.15) is 0 Å². The molecule has 0 bridgehead atoms.